The van der Waals surface area contributed by atoms with Crippen molar-refractivity contribution in [3.63, 3.8) is 0 Å². The lowest BCUT2D eigenvalue weighted by atomic mass is 9.97. The van der Waals surface area contributed by atoms with Gasteiger partial charge in [0.25, 0.3) is 10.0 Å². The first kappa shape index (κ1) is 13.8. The average molecular weight is 290 g/mol. The van der Waals surface area contributed by atoms with Crippen LogP contribution in [0.25, 0.3) is 0 Å². The third-order valence-electron chi connectivity index (χ3n) is 3.21. The second-order valence-electron chi connectivity index (χ2n) is 4.58. The van der Waals surface area contributed by atoms with Gasteiger partial charge in [0.05, 0.1) is 0 Å². The molecule has 18 heavy (non-hydrogen) atoms. The highest BCUT2D eigenvalue weighted by Crippen LogP contribution is 2.29. The molecule has 0 saturated carbocycles. The summed E-state index contributed by atoms with van der Waals surface area (Å²) in [5, 5.41) is 10.6. The molecule has 0 amide bonds. The van der Waals surface area contributed by atoms with Crippen LogP contribution in [-0.2, 0) is 10.0 Å². The zero-order valence-electron chi connectivity index (χ0n) is 10.1. The van der Waals surface area contributed by atoms with Gasteiger partial charge in [-0.3, -0.25) is 0 Å². The van der Waals surface area contributed by atoms with Crippen LogP contribution >= 0.6 is 11.3 Å². The molecular weight excluding hydrogens is 272 g/mol. The number of piperidine rings is 1. The first-order valence-corrected chi connectivity index (χ1v) is 8.31. The molecule has 0 radical (unpaired) electrons. The van der Waals surface area contributed by atoms with E-state index in [0.29, 0.717) is 29.4 Å². The molecule has 5 nitrogen and oxygen atoms in total. The van der Waals surface area contributed by atoms with E-state index in [1.165, 1.54) is 10.4 Å². The fraction of sp³-hybridized carbons (Fsp3) is 0.636. The van der Waals surface area contributed by atoms with Gasteiger partial charge in [0.1, 0.15) is 4.21 Å². The molecule has 0 aliphatic carbocycles. The summed E-state index contributed by atoms with van der Waals surface area (Å²) in [6.07, 6.45) is 2.50. The first-order chi connectivity index (χ1) is 8.54. The quantitative estimate of drug-likeness (QED) is 0.870. The number of sulfonamides is 1. The van der Waals surface area contributed by atoms with Gasteiger partial charge in [-0.25, -0.2) is 8.42 Å². The van der Waals surface area contributed by atoms with Crippen LogP contribution in [0.3, 0.4) is 0 Å². The highest BCUT2D eigenvalue weighted by molar-refractivity contribution is 7.91. The highest BCUT2D eigenvalue weighted by Gasteiger charge is 2.30. The molecule has 0 bridgehead atoms. The summed E-state index contributed by atoms with van der Waals surface area (Å²) in [7, 11) is -3.40. The average Bonchev–Trinajstić information content (AvgIpc) is 2.77. The minimum atomic E-state index is -3.40. The van der Waals surface area contributed by atoms with Crippen molar-refractivity contribution in [3.8, 4) is 0 Å². The molecule has 0 spiro atoms. The number of thiophene rings is 1. The standard InChI is InChI=1S/C11H18N2O3S2/c12-10-6-11(17-8-10)18(15,16)13-4-1-2-9(7-13)3-5-14/h6,8-9,14H,1-5,7,12H2. The Balaban J connectivity index is 2.15. The fourth-order valence-electron chi connectivity index (χ4n) is 2.26. The van der Waals surface area contributed by atoms with Gasteiger partial charge in [0.2, 0.25) is 0 Å². The number of hydrogen-bond donors (Lipinski definition) is 2. The van der Waals surface area contributed by atoms with Gasteiger partial charge in [-0.15, -0.1) is 11.3 Å². The first-order valence-electron chi connectivity index (χ1n) is 5.99. The Morgan fingerprint density at radius 2 is 2.33 bits per heavy atom. The van der Waals surface area contributed by atoms with Crippen LogP contribution in [0.1, 0.15) is 19.3 Å². The van der Waals surface area contributed by atoms with Gasteiger partial charge in [-0.2, -0.15) is 4.31 Å². The molecule has 0 aromatic carbocycles. The number of nitrogens with zero attached hydrogens (tertiary/aromatic N) is 1. The van der Waals surface area contributed by atoms with Crippen LogP contribution in [0.15, 0.2) is 15.7 Å². The molecule has 7 heteroatoms. The molecule has 102 valence electrons. The van der Waals surface area contributed by atoms with Gasteiger partial charge in [0, 0.05) is 30.8 Å². The smallest absolute Gasteiger partial charge is 0.252 e. The van der Waals surface area contributed by atoms with Crippen molar-refractivity contribution in [2.45, 2.75) is 23.5 Å². The number of nitrogens with two attached hydrogens (primary N) is 1. The van der Waals surface area contributed by atoms with Crippen molar-refractivity contribution in [2.24, 2.45) is 5.92 Å². The Morgan fingerprint density at radius 1 is 1.56 bits per heavy atom. The van der Waals surface area contributed by atoms with E-state index in [1.807, 2.05) is 0 Å². The predicted octanol–water partition coefficient (Wildman–Crippen LogP) is 1.11. The molecule has 1 atom stereocenters. The van der Waals surface area contributed by atoms with Gasteiger partial charge in [-0.1, -0.05) is 0 Å². The van der Waals surface area contributed by atoms with Gasteiger partial charge < -0.3 is 10.8 Å². The fourth-order valence-corrected chi connectivity index (χ4v) is 5.04. The molecule has 2 heterocycles. The zero-order chi connectivity index (χ0) is 13.2. The van der Waals surface area contributed by atoms with Crippen LogP contribution in [0.4, 0.5) is 5.69 Å². The zero-order valence-corrected chi connectivity index (χ0v) is 11.7. The van der Waals surface area contributed by atoms with Gasteiger partial charge in [-0.05, 0) is 31.2 Å². The molecule has 1 unspecified atom stereocenters. The maximum Gasteiger partial charge on any atom is 0.252 e. The summed E-state index contributed by atoms with van der Waals surface area (Å²) in [4.78, 5) is 0. The summed E-state index contributed by atoms with van der Waals surface area (Å²) in [6, 6.07) is 1.51. The summed E-state index contributed by atoms with van der Waals surface area (Å²) in [5.41, 5.74) is 6.06. The number of nitrogen functional groups attached to an aromatic ring is 1. The monoisotopic (exact) mass is 290 g/mol. The van der Waals surface area contributed by atoms with Crippen molar-refractivity contribution in [3.05, 3.63) is 11.4 Å². The van der Waals surface area contributed by atoms with Crippen LogP contribution in [-0.4, -0.2) is 37.5 Å². The molecule has 1 aliphatic heterocycles. The lowest BCUT2D eigenvalue weighted by molar-refractivity contribution is 0.203. The number of hydrogen-bond acceptors (Lipinski definition) is 5. The summed E-state index contributed by atoms with van der Waals surface area (Å²) in [5.74, 6) is 0.260. The summed E-state index contributed by atoms with van der Waals surface area (Å²) >= 11 is 1.16. The van der Waals surface area contributed by atoms with Crippen LogP contribution < -0.4 is 5.73 Å². The molecule has 1 aliphatic rings. The SMILES string of the molecule is Nc1csc(S(=O)(=O)N2CCCC(CCO)C2)c1. The Labute approximate surface area is 111 Å². The molecule has 2 rings (SSSR count). The van der Waals surface area contributed by atoms with Crippen molar-refractivity contribution in [1.82, 2.24) is 4.31 Å². The minimum Gasteiger partial charge on any atom is -0.398 e. The number of rotatable bonds is 4. The molecule has 1 aromatic rings. The molecule has 1 aromatic heterocycles. The highest BCUT2D eigenvalue weighted by atomic mass is 32.2. The van der Waals surface area contributed by atoms with E-state index in [2.05, 4.69) is 0 Å². The predicted molar refractivity (Wildman–Crippen MR) is 71.9 cm³/mol. The second-order valence-corrected chi connectivity index (χ2v) is 7.66. The van der Waals surface area contributed by atoms with Crippen molar-refractivity contribution in [1.29, 1.82) is 0 Å². The number of anilines is 1. The molecular formula is C11H18N2O3S2. The van der Waals surface area contributed by atoms with Gasteiger partial charge in [0.15, 0.2) is 0 Å². The third kappa shape index (κ3) is 2.85. The second kappa shape index (κ2) is 5.56. The van der Waals surface area contributed by atoms with E-state index in [9.17, 15) is 8.42 Å². The van der Waals surface area contributed by atoms with E-state index in [-0.39, 0.29) is 12.5 Å². The number of aliphatic hydroxyl groups excluding tert-OH is 1. The number of aliphatic hydroxyl groups is 1. The Hall–Kier alpha value is -0.630. The van der Waals surface area contributed by atoms with E-state index < -0.39 is 10.0 Å². The van der Waals surface area contributed by atoms with Crippen LogP contribution in [0, 0.1) is 5.92 Å². The minimum absolute atomic E-state index is 0.116. The van der Waals surface area contributed by atoms with Crippen molar-refractivity contribution >= 4 is 27.0 Å². The van der Waals surface area contributed by atoms with E-state index >= 15 is 0 Å². The van der Waals surface area contributed by atoms with E-state index in [0.717, 1.165) is 24.2 Å². The topological polar surface area (TPSA) is 83.6 Å². The maximum absolute atomic E-state index is 12.4. The summed E-state index contributed by atoms with van der Waals surface area (Å²) in [6.45, 7) is 1.17. The lowest BCUT2D eigenvalue weighted by Crippen LogP contribution is -2.39. The molecule has 1 fully saturated rings. The van der Waals surface area contributed by atoms with Crippen LogP contribution in [0.5, 0.6) is 0 Å². The third-order valence-corrected chi connectivity index (χ3v) is 6.51. The van der Waals surface area contributed by atoms with E-state index in [4.69, 9.17) is 10.8 Å². The lowest BCUT2D eigenvalue weighted by Gasteiger charge is -2.31. The Morgan fingerprint density at radius 3 is 2.94 bits per heavy atom. The maximum atomic E-state index is 12.4. The van der Waals surface area contributed by atoms with Crippen molar-refractivity contribution < 1.29 is 13.5 Å². The largest absolute Gasteiger partial charge is 0.398 e. The molecule has 3 N–H and O–H groups in total. The molecule has 1 saturated heterocycles. The van der Waals surface area contributed by atoms with Crippen molar-refractivity contribution in [2.75, 3.05) is 25.4 Å². The Bertz CT molecular complexity index is 496. The normalized spacial score (nSPS) is 22.2. The van der Waals surface area contributed by atoms with Gasteiger partial charge >= 0.3 is 0 Å². The summed E-state index contributed by atoms with van der Waals surface area (Å²) < 4.78 is 26.6. The van der Waals surface area contributed by atoms with E-state index in [1.54, 1.807) is 5.38 Å². The van der Waals surface area contributed by atoms with Crippen LogP contribution in [0.2, 0.25) is 0 Å². The Kier molecular flexibility index (Phi) is 4.26.